The summed E-state index contributed by atoms with van der Waals surface area (Å²) >= 11 is 0. The first-order chi connectivity index (χ1) is 15.4. The van der Waals surface area contributed by atoms with Crippen molar-refractivity contribution >= 4 is 27.5 Å². The van der Waals surface area contributed by atoms with Gasteiger partial charge in [0.2, 0.25) is 21.8 Å². The Kier molecular flexibility index (Phi) is 6.62. The van der Waals surface area contributed by atoms with Gasteiger partial charge in [-0.15, -0.1) is 0 Å². The Hall–Kier alpha value is -2.71. The van der Waals surface area contributed by atoms with E-state index < -0.39 is 16.1 Å². The lowest BCUT2D eigenvalue weighted by Gasteiger charge is -2.26. The van der Waals surface area contributed by atoms with Crippen LogP contribution in [-0.4, -0.2) is 44.2 Å². The minimum atomic E-state index is -3.51. The van der Waals surface area contributed by atoms with E-state index in [2.05, 4.69) is 5.32 Å². The molecule has 0 aliphatic carbocycles. The molecule has 1 saturated heterocycles. The van der Waals surface area contributed by atoms with Crippen LogP contribution in [-0.2, 0) is 26.0 Å². The quantitative estimate of drug-likeness (QED) is 0.725. The van der Waals surface area contributed by atoms with E-state index >= 15 is 0 Å². The topological polar surface area (TPSA) is 86.8 Å². The van der Waals surface area contributed by atoms with Crippen LogP contribution in [0.25, 0.3) is 0 Å². The van der Waals surface area contributed by atoms with Gasteiger partial charge in [-0.2, -0.15) is 4.31 Å². The number of nitrogens with one attached hydrogen (secondary N) is 1. The first kappa shape index (κ1) is 22.5. The summed E-state index contributed by atoms with van der Waals surface area (Å²) in [6.45, 7) is 3.07. The fraction of sp³-hybridized carbons (Fsp3) is 0.417. The lowest BCUT2D eigenvalue weighted by atomic mass is 10.0. The molecule has 0 spiro atoms. The summed E-state index contributed by atoms with van der Waals surface area (Å²) in [7, 11) is -3.51. The van der Waals surface area contributed by atoms with Crippen molar-refractivity contribution < 1.29 is 18.0 Å². The van der Waals surface area contributed by atoms with Gasteiger partial charge < -0.3 is 10.2 Å². The van der Waals surface area contributed by atoms with E-state index in [0.717, 1.165) is 36.1 Å². The number of nitrogens with zero attached hydrogens (tertiary/aromatic N) is 2. The Bertz CT molecular complexity index is 1100. The highest BCUT2D eigenvalue weighted by Crippen LogP contribution is 2.33. The number of fused-ring (bicyclic) bond motifs is 1. The summed E-state index contributed by atoms with van der Waals surface area (Å²) in [4.78, 5) is 26.8. The van der Waals surface area contributed by atoms with Crippen LogP contribution in [0.1, 0.15) is 49.8 Å². The average molecular weight is 456 g/mol. The van der Waals surface area contributed by atoms with Crippen molar-refractivity contribution in [3.63, 3.8) is 0 Å². The number of rotatable bonds is 6. The Labute approximate surface area is 189 Å². The third-order valence-electron chi connectivity index (χ3n) is 6.16. The highest BCUT2D eigenvalue weighted by molar-refractivity contribution is 7.89. The highest BCUT2D eigenvalue weighted by Gasteiger charge is 2.31. The van der Waals surface area contributed by atoms with Crippen molar-refractivity contribution in [2.24, 2.45) is 0 Å². The fourth-order valence-electron chi connectivity index (χ4n) is 4.52. The summed E-state index contributed by atoms with van der Waals surface area (Å²) < 4.78 is 27.6. The number of piperidine rings is 1. The molecule has 2 heterocycles. The van der Waals surface area contributed by atoms with Crippen LogP contribution in [0.4, 0.5) is 5.69 Å². The molecule has 1 atom stereocenters. The van der Waals surface area contributed by atoms with Crippen LogP contribution in [0.15, 0.2) is 53.4 Å². The maximum atomic E-state index is 13.2. The summed E-state index contributed by atoms with van der Waals surface area (Å²) in [6, 6.07) is 14.1. The minimum Gasteiger partial charge on any atom is -0.349 e. The summed E-state index contributed by atoms with van der Waals surface area (Å²) in [5, 5.41) is 2.87. The molecular formula is C24H29N3O4S. The minimum absolute atomic E-state index is 0.0991. The largest absolute Gasteiger partial charge is 0.349 e. The standard InChI is InChI=1S/C24H29N3O4S/c1-18(28)25-22(19-8-4-2-5-9-19)17-24(29)27-15-12-20-16-21(10-11-23(20)27)32(30,31)26-13-6-3-7-14-26/h2,4-5,8-11,16,22H,3,6-7,12-15,17H2,1H3,(H,25,28). The van der Waals surface area contributed by atoms with E-state index in [1.54, 1.807) is 27.4 Å². The summed E-state index contributed by atoms with van der Waals surface area (Å²) in [5.41, 5.74) is 2.49. The lowest BCUT2D eigenvalue weighted by Crippen LogP contribution is -2.35. The second-order valence-corrected chi connectivity index (χ2v) is 10.4. The van der Waals surface area contributed by atoms with Gasteiger partial charge in [0.05, 0.1) is 17.4 Å². The number of anilines is 1. The van der Waals surface area contributed by atoms with Crippen molar-refractivity contribution in [1.29, 1.82) is 0 Å². The molecule has 1 fully saturated rings. The first-order valence-corrected chi connectivity index (χ1v) is 12.6. The molecule has 4 rings (SSSR count). The third-order valence-corrected chi connectivity index (χ3v) is 8.05. The van der Waals surface area contributed by atoms with E-state index in [1.165, 1.54) is 6.92 Å². The van der Waals surface area contributed by atoms with E-state index in [1.807, 2.05) is 30.3 Å². The number of hydrogen-bond donors (Lipinski definition) is 1. The molecule has 0 bridgehead atoms. The molecule has 2 aliphatic heterocycles. The second-order valence-electron chi connectivity index (χ2n) is 8.42. The third kappa shape index (κ3) is 4.71. The van der Waals surface area contributed by atoms with Gasteiger partial charge in [0.1, 0.15) is 0 Å². The molecule has 0 radical (unpaired) electrons. The molecule has 2 amide bonds. The van der Waals surface area contributed by atoms with Crippen molar-refractivity contribution in [3.8, 4) is 0 Å². The van der Waals surface area contributed by atoms with Crippen molar-refractivity contribution in [2.45, 2.75) is 50.0 Å². The van der Waals surface area contributed by atoms with Crippen LogP contribution in [0.5, 0.6) is 0 Å². The van der Waals surface area contributed by atoms with Gasteiger partial charge in [0, 0.05) is 32.2 Å². The summed E-state index contributed by atoms with van der Waals surface area (Å²) in [6.07, 6.45) is 3.60. The Morgan fingerprint density at radius 2 is 1.72 bits per heavy atom. The monoisotopic (exact) mass is 455 g/mol. The van der Waals surface area contributed by atoms with Crippen molar-refractivity contribution in [2.75, 3.05) is 24.5 Å². The van der Waals surface area contributed by atoms with Crippen LogP contribution in [0.3, 0.4) is 0 Å². The summed E-state index contributed by atoms with van der Waals surface area (Å²) in [5.74, 6) is -0.293. The number of hydrogen-bond acceptors (Lipinski definition) is 4. The maximum absolute atomic E-state index is 13.2. The van der Waals surface area contributed by atoms with Gasteiger partial charge in [-0.05, 0) is 48.6 Å². The normalized spacial score (nSPS) is 17.6. The Balaban J connectivity index is 1.52. The van der Waals surface area contributed by atoms with Gasteiger partial charge in [-0.1, -0.05) is 36.8 Å². The molecule has 1 N–H and O–H groups in total. The predicted octanol–water partition coefficient (Wildman–Crippen LogP) is 3.02. The van der Waals surface area contributed by atoms with E-state index in [0.29, 0.717) is 31.0 Å². The number of sulfonamides is 1. The molecule has 7 nitrogen and oxygen atoms in total. The highest BCUT2D eigenvalue weighted by atomic mass is 32.2. The Morgan fingerprint density at radius 3 is 2.41 bits per heavy atom. The zero-order valence-electron chi connectivity index (χ0n) is 18.3. The molecule has 2 aromatic carbocycles. The number of amides is 2. The number of carbonyl (C=O) groups excluding carboxylic acids is 2. The van der Waals surface area contributed by atoms with Gasteiger partial charge >= 0.3 is 0 Å². The van der Waals surface area contributed by atoms with Crippen molar-refractivity contribution in [1.82, 2.24) is 9.62 Å². The molecule has 2 aliphatic rings. The molecule has 1 unspecified atom stereocenters. The molecular weight excluding hydrogens is 426 g/mol. The molecule has 8 heteroatoms. The van der Waals surface area contributed by atoms with E-state index in [4.69, 9.17) is 0 Å². The van der Waals surface area contributed by atoms with E-state index in [9.17, 15) is 18.0 Å². The van der Waals surface area contributed by atoms with Gasteiger partial charge in [-0.3, -0.25) is 9.59 Å². The SMILES string of the molecule is CC(=O)NC(CC(=O)N1CCc2cc(S(=O)(=O)N3CCCCC3)ccc21)c1ccccc1. The Morgan fingerprint density at radius 1 is 1.00 bits per heavy atom. The van der Waals surface area contributed by atoms with Crippen LogP contribution in [0, 0.1) is 0 Å². The maximum Gasteiger partial charge on any atom is 0.243 e. The number of carbonyl (C=O) groups is 2. The molecule has 170 valence electrons. The zero-order chi connectivity index (χ0) is 22.7. The first-order valence-electron chi connectivity index (χ1n) is 11.1. The second kappa shape index (κ2) is 9.42. The predicted molar refractivity (Wildman–Crippen MR) is 123 cm³/mol. The lowest BCUT2D eigenvalue weighted by molar-refractivity contribution is -0.121. The fourth-order valence-corrected chi connectivity index (χ4v) is 6.09. The molecule has 32 heavy (non-hydrogen) atoms. The molecule has 2 aromatic rings. The molecule has 0 aromatic heterocycles. The van der Waals surface area contributed by atoms with Gasteiger partial charge in [0.25, 0.3) is 0 Å². The van der Waals surface area contributed by atoms with Gasteiger partial charge in [0.15, 0.2) is 0 Å². The van der Waals surface area contributed by atoms with Crippen LogP contribution >= 0.6 is 0 Å². The van der Waals surface area contributed by atoms with Crippen LogP contribution in [0.2, 0.25) is 0 Å². The number of benzene rings is 2. The zero-order valence-corrected chi connectivity index (χ0v) is 19.1. The van der Waals surface area contributed by atoms with Gasteiger partial charge in [-0.25, -0.2) is 8.42 Å². The average Bonchev–Trinajstić information content (AvgIpc) is 3.23. The molecule has 0 saturated carbocycles. The van der Waals surface area contributed by atoms with Crippen molar-refractivity contribution in [3.05, 3.63) is 59.7 Å². The van der Waals surface area contributed by atoms with Crippen LogP contribution < -0.4 is 10.2 Å². The van der Waals surface area contributed by atoms with E-state index in [-0.39, 0.29) is 18.2 Å². The smallest absolute Gasteiger partial charge is 0.243 e.